The highest BCUT2D eigenvalue weighted by Crippen LogP contribution is 2.77. The molecule has 8 atom stereocenters. The molecule has 0 saturated heterocycles. The molecule has 5 aliphatic carbocycles. The SMILES string of the molecule is CC(=O)O[C@H]1CC[C@@]2(C)C(CC[C@]3(C)[C@]2(N)CC[C@@H]2C4=C(C(C)C)CC[C@]4(C(=O)CN(Cc4ccc(Cl)cc4)C(=O)OC(C)(C)C)CC[C@]23C)C1(C)C. The van der Waals surface area contributed by atoms with Crippen molar-refractivity contribution >= 4 is 29.4 Å². The molecule has 6 rings (SSSR count). The summed E-state index contributed by atoms with van der Waals surface area (Å²) < 4.78 is 11.9. The molecule has 1 aromatic carbocycles. The third kappa shape index (κ3) is 6.21. The van der Waals surface area contributed by atoms with Gasteiger partial charge in [0.25, 0.3) is 0 Å². The number of carbonyl (C=O) groups excluding carboxylic acids is 3. The average molecular weight is 751 g/mol. The molecular formula is C45H67ClN2O5. The minimum atomic E-state index is -0.691. The lowest BCUT2D eigenvalue weighted by molar-refractivity contribution is -0.243. The molecule has 4 saturated carbocycles. The van der Waals surface area contributed by atoms with E-state index in [9.17, 15) is 9.59 Å². The lowest BCUT2D eigenvalue weighted by Gasteiger charge is -2.76. The number of ketones is 1. The van der Waals surface area contributed by atoms with Gasteiger partial charge >= 0.3 is 12.1 Å². The van der Waals surface area contributed by atoms with E-state index in [-0.39, 0.29) is 58.5 Å². The molecule has 0 aliphatic heterocycles. The molecule has 0 heterocycles. The first kappa shape index (κ1) is 40.3. The minimum Gasteiger partial charge on any atom is -0.462 e. The standard InChI is InChI=1S/C45H67ClN2O5/c1-28(2)32-16-22-44(35(50)27-48(38(51)53-39(4,5)6)26-30-12-14-31(46)15-13-30)25-24-41(9)33(37(32)44)17-23-45(47)42(10)20-19-36(52-29(3)49)40(7,8)34(42)18-21-43(41,45)11/h12-15,28,33-34,36H,16-27,47H2,1-11H3/t33-,34?,36+,41-,42+,43+,44-,45+/m1/s1. The van der Waals surface area contributed by atoms with Crippen LogP contribution in [0.1, 0.15) is 146 Å². The quantitative estimate of drug-likeness (QED) is 0.220. The second-order valence-corrected chi connectivity index (χ2v) is 20.8. The molecule has 2 N–H and O–H groups in total. The van der Waals surface area contributed by atoms with Crippen LogP contribution < -0.4 is 5.73 Å². The number of carbonyl (C=O) groups is 3. The Morgan fingerprint density at radius 2 is 1.57 bits per heavy atom. The molecule has 0 spiro atoms. The van der Waals surface area contributed by atoms with Crippen LogP contribution in [0.4, 0.5) is 4.79 Å². The number of nitrogens with zero attached hydrogens (tertiary/aromatic N) is 1. The van der Waals surface area contributed by atoms with Crippen LogP contribution in [0.15, 0.2) is 35.4 Å². The molecule has 4 fully saturated rings. The summed E-state index contributed by atoms with van der Waals surface area (Å²) in [4.78, 5) is 42.7. The predicted molar refractivity (Wildman–Crippen MR) is 211 cm³/mol. The Hall–Kier alpha value is -2.38. The van der Waals surface area contributed by atoms with Gasteiger partial charge < -0.3 is 15.2 Å². The van der Waals surface area contributed by atoms with Crippen LogP contribution in [0.5, 0.6) is 0 Å². The molecule has 1 amide bonds. The zero-order valence-corrected chi connectivity index (χ0v) is 35.3. The van der Waals surface area contributed by atoms with Crippen LogP contribution in [-0.4, -0.2) is 46.5 Å². The van der Waals surface area contributed by atoms with Crippen LogP contribution in [0, 0.1) is 44.8 Å². The van der Waals surface area contributed by atoms with Crippen molar-refractivity contribution in [2.24, 2.45) is 50.6 Å². The molecule has 53 heavy (non-hydrogen) atoms. The van der Waals surface area contributed by atoms with Crippen molar-refractivity contribution in [3.63, 3.8) is 0 Å². The van der Waals surface area contributed by atoms with Gasteiger partial charge in [0.05, 0.1) is 12.0 Å². The van der Waals surface area contributed by atoms with E-state index in [1.165, 1.54) is 18.1 Å². The molecule has 5 aliphatic rings. The lowest BCUT2D eigenvalue weighted by Crippen LogP contribution is -2.78. The van der Waals surface area contributed by atoms with Gasteiger partial charge in [0.1, 0.15) is 11.7 Å². The second kappa shape index (κ2) is 13.4. The fourth-order valence-corrected chi connectivity index (χ4v) is 13.3. The maximum absolute atomic E-state index is 15.2. The van der Waals surface area contributed by atoms with Gasteiger partial charge in [-0.1, -0.05) is 83.3 Å². The number of Topliss-reactive ketones (excluding diaryl/α,β-unsaturated/α-hetero) is 1. The summed E-state index contributed by atoms with van der Waals surface area (Å²) >= 11 is 6.20. The van der Waals surface area contributed by atoms with Crippen molar-refractivity contribution in [3.8, 4) is 0 Å². The van der Waals surface area contributed by atoms with E-state index in [0.29, 0.717) is 16.9 Å². The molecule has 294 valence electrons. The Bertz CT molecular complexity index is 1660. The Labute approximate surface area is 324 Å². The molecule has 7 nitrogen and oxygen atoms in total. The summed E-state index contributed by atoms with van der Waals surface area (Å²) in [5.41, 5.74) is 9.56. The van der Waals surface area contributed by atoms with Crippen LogP contribution in [0.3, 0.4) is 0 Å². The summed E-state index contributed by atoms with van der Waals surface area (Å²) in [6, 6.07) is 7.46. The van der Waals surface area contributed by atoms with Crippen molar-refractivity contribution in [1.29, 1.82) is 0 Å². The number of rotatable bonds is 7. The first-order valence-corrected chi connectivity index (χ1v) is 20.8. The average Bonchev–Trinajstić information content (AvgIpc) is 3.45. The number of allylic oxidation sites excluding steroid dienone is 2. The maximum atomic E-state index is 15.2. The Morgan fingerprint density at radius 3 is 2.17 bits per heavy atom. The Kier molecular flexibility index (Phi) is 10.2. The number of hydrogen-bond acceptors (Lipinski definition) is 6. The van der Waals surface area contributed by atoms with E-state index < -0.39 is 22.6 Å². The third-order valence-electron chi connectivity index (χ3n) is 16.1. The fraction of sp³-hybridized carbons (Fsp3) is 0.756. The number of benzene rings is 1. The number of nitrogens with two attached hydrogens (primary N) is 1. The van der Waals surface area contributed by atoms with E-state index in [4.69, 9.17) is 26.8 Å². The number of amides is 1. The highest BCUT2D eigenvalue weighted by atomic mass is 35.5. The second-order valence-electron chi connectivity index (χ2n) is 20.3. The summed E-state index contributed by atoms with van der Waals surface area (Å²) in [6.45, 7) is 24.0. The Morgan fingerprint density at radius 1 is 0.906 bits per heavy atom. The van der Waals surface area contributed by atoms with Crippen LogP contribution in [0.25, 0.3) is 0 Å². The van der Waals surface area contributed by atoms with E-state index in [2.05, 4.69) is 48.5 Å². The summed E-state index contributed by atoms with van der Waals surface area (Å²) in [5.74, 6) is 0.862. The molecule has 0 radical (unpaired) electrons. The van der Waals surface area contributed by atoms with Gasteiger partial charge in [-0.2, -0.15) is 0 Å². The van der Waals surface area contributed by atoms with Gasteiger partial charge in [0.2, 0.25) is 0 Å². The first-order chi connectivity index (χ1) is 24.5. The molecule has 1 aromatic rings. The van der Waals surface area contributed by atoms with Crippen molar-refractivity contribution in [3.05, 3.63) is 46.0 Å². The molecule has 8 heteroatoms. The van der Waals surface area contributed by atoms with Gasteiger partial charge in [-0.15, -0.1) is 0 Å². The predicted octanol–water partition coefficient (Wildman–Crippen LogP) is 10.5. The van der Waals surface area contributed by atoms with Crippen molar-refractivity contribution in [2.45, 2.75) is 164 Å². The van der Waals surface area contributed by atoms with E-state index in [1.807, 2.05) is 45.0 Å². The summed E-state index contributed by atoms with van der Waals surface area (Å²) in [7, 11) is 0. The van der Waals surface area contributed by atoms with Crippen LogP contribution in [-0.2, 0) is 25.6 Å². The van der Waals surface area contributed by atoms with E-state index in [1.54, 1.807) is 4.90 Å². The minimum absolute atomic E-state index is 0.00623. The first-order valence-electron chi connectivity index (χ1n) is 20.4. The highest BCUT2D eigenvalue weighted by molar-refractivity contribution is 6.30. The number of ether oxygens (including phenoxy) is 2. The smallest absolute Gasteiger partial charge is 0.410 e. The number of fused-ring (bicyclic) bond motifs is 7. The van der Waals surface area contributed by atoms with Gasteiger partial charge in [-0.05, 0) is 137 Å². The molecular weight excluding hydrogens is 684 g/mol. The van der Waals surface area contributed by atoms with Gasteiger partial charge in [-0.25, -0.2) is 4.79 Å². The molecule has 0 aromatic heterocycles. The Balaban J connectivity index is 1.35. The maximum Gasteiger partial charge on any atom is 0.410 e. The topological polar surface area (TPSA) is 98.9 Å². The third-order valence-corrected chi connectivity index (χ3v) is 16.4. The lowest BCUT2D eigenvalue weighted by atomic mass is 9.30. The molecule has 1 unspecified atom stereocenters. The molecule has 0 bridgehead atoms. The zero-order valence-electron chi connectivity index (χ0n) is 34.5. The highest BCUT2D eigenvalue weighted by Gasteiger charge is 2.75. The summed E-state index contributed by atoms with van der Waals surface area (Å²) in [6.07, 6.45) is 8.57. The van der Waals surface area contributed by atoms with Gasteiger partial charge in [0.15, 0.2) is 5.78 Å². The van der Waals surface area contributed by atoms with Crippen molar-refractivity contribution in [1.82, 2.24) is 4.90 Å². The monoisotopic (exact) mass is 750 g/mol. The van der Waals surface area contributed by atoms with Gasteiger partial charge in [0, 0.05) is 29.4 Å². The van der Waals surface area contributed by atoms with Crippen LogP contribution >= 0.6 is 11.6 Å². The van der Waals surface area contributed by atoms with Crippen LogP contribution in [0.2, 0.25) is 5.02 Å². The number of halogens is 1. The zero-order chi connectivity index (χ0) is 39.2. The fourth-order valence-electron chi connectivity index (χ4n) is 13.2. The largest absolute Gasteiger partial charge is 0.462 e. The summed E-state index contributed by atoms with van der Waals surface area (Å²) in [5, 5.41) is 0.628. The van der Waals surface area contributed by atoms with E-state index in [0.717, 1.165) is 69.8 Å². The number of esters is 1. The number of hydrogen-bond donors (Lipinski definition) is 1. The van der Waals surface area contributed by atoms with Crippen molar-refractivity contribution in [2.75, 3.05) is 6.54 Å². The normalized spacial score (nSPS) is 37.6. The van der Waals surface area contributed by atoms with E-state index >= 15 is 4.79 Å². The van der Waals surface area contributed by atoms with Gasteiger partial charge in [-0.3, -0.25) is 14.5 Å². The van der Waals surface area contributed by atoms with Crippen molar-refractivity contribution < 1.29 is 23.9 Å².